The number of anilines is 1. The zero-order chi connectivity index (χ0) is 30.3. The van der Waals surface area contributed by atoms with Crippen molar-refractivity contribution in [1.29, 1.82) is 0 Å². The number of hydrogen-bond donors (Lipinski definition) is 1. The first-order valence-electron chi connectivity index (χ1n) is 13.6. The number of aryl methyl sites for hydroxylation is 2. The third-order valence-corrected chi connectivity index (χ3v) is 9.52. The predicted octanol–water partition coefficient (Wildman–Crippen LogP) is 6.45. The number of hydrogen-bond acceptors (Lipinski definition) is 4. The highest BCUT2D eigenvalue weighted by molar-refractivity contribution is 7.92. The molecule has 7 nitrogen and oxygen atoms in total. The second-order valence-corrected chi connectivity index (χ2v) is 12.7. The molecule has 3 rings (SSSR count). The van der Waals surface area contributed by atoms with Gasteiger partial charge < -0.3 is 10.2 Å². The highest BCUT2D eigenvalue weighted by Gasteiger charge is 2.34. The van der Waals surface area contributed by atoms with Crippen LogP contribution in [0.25, 0.3) is 0 Å². The van der Waals surface area contributed by atoms with Crippen LogP contribution < -0.4 is 9.62 Å². The van der Waals surface area contributed by atoms with E-state index in [2.05, 4.69) is 5.32 Å². The molecule has 3 aromatic carbocycles. The highest BCUT2D eigenvalue weighted by atomic mass is 35.5. The summed E-state index contributed by atoms with van der Waals surface area (Å²) in [5, 5.41) is 3.56. The lowest BCUT2D eigenvalue weighted by Gasteiger charge is -2.33. The molecule has 0 aliphatic rings. The molecule has 0 fully saturated rings. The fourth-order valence-corrected chi connectivity index (χ4v) is 6.27. The summed E-state index contributed by atoms with van der Waals surface area (Å²) in [6, 6.07) is 16.0. The summed E-state index contributed by atoms with van der Waals surface area (Å²) in [4.78, 5) is 28.9. The number of nitrogens with one attached hydrogen (secondary N) is 1. The fourth-order valence-electron chi connectivity index (χ4n) is 4.48. The van der Waals surface area contributed by atoms with E-state index in [4.69, 9.17) is 23.2 Å². The van der Waals surface area contributed by atoms with Gasteiger partial charge in [0.15, 0.2) is 0 Å². The number of nitrogens with zero attached hydrogens (tertiary/aromatic N) is 2. The summed E-state index contributed by atoms with van der Waals surface area (Å²) >= 11 is 12.4. The summed E-state index contributed by atoms with van der Waals surface area (Å²) < 4.78 is 29.3. The summed E-state index contributed by atoms with van der Waals surface area (Å²) in [6.45, 7) is 9.35. The van der Waals surface area contributed by atoms with Crippen molar-refractivity contribution in [2.75, 3.05) is 17.4 Å². The van der Waals surface area contributed by atoms with Gasteiger partial charge in [0.25, 0.3) is 10.0 Å². The van der Waals surface area contributed by atoms with Crippen molar-refractivity contribution in [2.45, 2.75) is 64.9 Å². The van der Waals surface area contributed by atoms with Gasteiger partial charge in [-0.2, -0.15) is 0 Å². The first kappa shape index (κ1) is 32.4. The van der Waals surface area contributed by atoms with Crippen LogP contribution in [0, 0.1) is 20.8 Å². The van der Waals surface area contributed by atoms with E-state index in [-0.39, 0.29) is 17.3 Å². The Hall–Kier alpha value is -3.07. The average Bonchev–Trinajstić information content (AvgIpc) is 2.94. The van der Waals surface area contributed by atoms with Crippen LogP contribution in [-0.2, 0) is 26.2 Å². The van der Waals surface area contributed by atoms with Gasteiger partial charge in [0.1, 0.15) is 12.6 Å². The Morgan fingerprint density at radius 2 is 1.61 bits per heavy atom. The molecule has 41 heavy (non-hydrogen) atoms. The molecular weight excluding hydrogens is 581 g/mol. The van der Waals surface area contributed by atoms with Gasteiger partial charge in [-0.15, -0.1) is 0 Å². The fraction of sp³-hybridized carbons (Fsp3) is 0.355. The van der Waals surface area contributed by atoms with E-state index >= 15 is 0 Å². The Morgan fingerprint density at radius 3 is 2.22 bits per heavy atom. The monoisotopic (exact) mass is 617 g/mol. The Morgan fingerprint density at radius 1 is 0.927 bits per heavy atom. The number of amides is 2. The third kappa shape index (κ3) is 7.82. The molecule has 0 unspecified atom stereocenters. The van der Waals surface area contributed by atoms with E-state index in [1.165, 1.54) is 17.0 Å². The SMILES string of the molecule is CCCNC(=O)[C@@H](CC)N(Cc1ccc(Cl)c(Cl)c1)C(=O)CN(c1cccc(C)c1C)S(=O)(=O)c1ccc(C)cc1. The minimum Gasteiger partial charge on any atom is -0.354 e. The first-order valence-corrected chi connectivity index (χ1v) is 15.8. The van der Waals surface area contributed by atoms with Crippen LogP contribution >= 0.6 is 23.2 Å². The van der Waals surface area contributed by atoms with E-state index in [1.54, 1.807) is 42.5 Å². The smallest absolute Gasteiger partial charge is 0.264 e. The van der Waals surface area contributed by atoms with Gasteiger partial charge in [-0.1, -0.05) is 72.9 Å². The van der Waals surface area contributed by atoms with Crippen LogP contribution in [0.15, 0.2) is 65.6 Å². The quantitative estimate of drug-likeness (QED) is 0.253. The lowest BCUT2D eigenvalue weighted by atomic mass is 10.1. The van der Waals surface area contributed by atoms with E-state index in [9.17, 15) is 18.0 Å². The normalized spacial score (nSPS) is 12.1. The molecule has 0 aliphatic carbocycles. The lowest BCUT2D eigenvalue weighted by Crippen LogP contribution is -2.52. The van der Waals surface area contributed by atoms with Crippen molar-refractivity contribution in [2.24, 2.45) is 0 Å². The molecule has 0 aliphatic heterocycles. The van der Waals surface area contributed by atoms with E-state index in [1.807, 2.05) is 40.7 Å². The van der Waals surface area contributed by atoms with Gasteiger partial charge in [-0.05, 0) is 80.6 Å². The molecular formula is C31H37Cl2N3O4S. The summed E-state index contributed by atoms with van der Waals surface area (Å²) in [7, 11) is -4.14. The zero-order valence-electron chi connectivity index (χ0n) is 24.1. The van der Waals surface area contributed by atoms with Crippen LogP contribution in [-0.4, -0.2) is 44.3 Å². The molecule has 1 N–H and O–H groups in total. The maximum Gasteiger partial charge on any atom is 0.264 e. The van der Waals surface area contributed by atoms with Crippen molar-refractivity contribution in [3.05, 3.63) is 93.0 Å². The minimum atomic E-state index is -4.14. The van der Waals surface area contributed by atoms with E-state index in [0.29, 0.717) is 34.3 Å². The van der Waals surface area contributed by atoms with Gasteiger partial charge in [0.05, 0.1) is 20.6 Å². The first-order chi connectivity index (χ1) is 19.4. The second kappa shape index (κ2) is 14.2. The average molecular weight is 619 g/mol. The van der Waals surface area contributed by atoms with Crippen molar-refractivity contribution in [1.82, 2.24) is 10.2 Å². The van der Waals surface area contributed by atoms with Gasteiger partial charge in [-0.25, -0.2) is 8.42 Å². The van der Waals surface area contributed by atoms with Crippen molar-refractivity contribution in [3.63, 3.8) is 0 Å². The van der Waals surface area contributed by atoms with Crippen LogP contribution in [0.3, 0.4) is 0 Å². The topological polar surface area (TPSA) is 86.8 Å². The van der Waals surface area contributed by atoms with Gasteiger partial charge >= 0.3 is 0 Å². The van der Waals surface area contributed by atoms with Crippen molar-refractivity contribution in [3.8, 4) is 0 Å². The molecule has 0 aromatic heterocycles. The molecule has 1 atom stereocenters. The Labute approximate surface area is 253 Å². The summed E-state index contributed by atoms with van der Waals surface area (Å²) in [5.41, 5.74) is 3.60. The molecule has 2 amide bonds. The van der Waals surface area contributed by atoms with Crippen LogP contribution in [0.4, 0.5) is 5.69 Å². The second-order valence-electron chi connectivity index (χ2n) is 10.0. The molecule has 220 valence electrons. The minimum absolute atomic E-state index is 0.0407. The van der Waals surface area contributed by atoms with E-state index in [0.717, 1.165) is 27.4 Å². The molecule has 0 saturated carbocycles. The van der Waals surface area contributed by atoms with Crippen LogP contribution in [0.5, 0.6) is 0 Å². The molecule has 3 aromatic rings. The molecule has 0 saturated heterocycles. The number of sulfonamides is 1. The van der Waals surface area contributed by atoms with Gasteiger partial charge in [0.2, 0.25) is 11.8 Å². The third-order valence-electron chi connectivity index (χ3n) is 7.00. The molecule has 0 radical (unpaired) electrons. The summed E-state index contributed by atoms with van der Waals surface area (Å²) in [6.07, 6.45) is 1.06. The molecule has 10 heteroatoms. The number of carbonyl (C=O) groups excluding carboxylic acids is 2. The number of halogens is 2. The van der Waals surface area contributed by atoms with Gasteiger partial charge in [-0.3, -0.25) is 13.9 Å². The predicted molar refractivity (Wildman–Crippen MR) is 166 cm³/mol. The zero-order valence-corrected chi connectivity index (χ0v) is 26.4. The van der Waals surface area contributed by atoms with E-state index < -0.39 is 28.5 Å². The number of benzene rings is 3. The number of carbonyl (C=O) groups is 2. The summed E-state index contributed by atoms with van der Waals surface area (Å²) in [5.74, 6) is -0.825. The maximum atomic E-state index is 14.2. The van der Waals surface area contributed by atoms with Gasteiger partial charge in [0, 0.05) is 13.1 Å². The molecule has 0 spiro atoms. The Kier molecular flexibility index (Phi) is 11.2. The molecule has 0 heterocycles. The largest absolute Gasteiger partial charge is 0.354 e. The maximum absolute atomic E-state index is 14.2. The standard InChI is InChI=1S/C31H37Cl2N3O4S/c1-6-17-34-31(38)28(7-2)35(19-24-13-16-26(32)27(33)18-24)30(37)20-36(29-10-8-9-22(4)23(29)5)41(39,40)25-14-11-21(3)12-15-25/h8-16,18,28H,6-7,17,19-20H2,1-5H3,(H,34,38)/t28-/m1/s1. The Balaban J connectivity index is 2.11. The van der Waals surface area contributed by atoms with Crippen LogP contribution in [0.2, 0.25) is 10.0 Å². The Bertz CT molecular complexity index is 1490. The molecule has 0 bridgehead atoms. The van der Waals surface area contributed by atoms with Crippen molar-refractivity contribution < 1.29 is 18.0 Å². The van der Waals surface area contributed by atoms with Crippen LogP contribution in [0.1, 0.15) is 48.9 Å². The number of rotatable bonds is 12. The van der Waals surface area contributed by atoms with Crippen molar-refractivity contribution >= 4 is 50.7 Å². The highest BCUT2D eigenvalue weighted by Crippen LogP contribution is 2.30. The lowest BCUT2D eigenvalue weighted by molar-refractivity contribution is -0.140.